The first kappa shape index (κ1) is 25.4. The van der Waals surface area contributed by atoms with Crippen LogP contribution in [0.4, 0.5) is 14.9 Å². The summed E-state index contributed by atoms with van der Waals surface area (Å²) in [6, 6.07) is 14.6. The maximum absolute atomic E-state index is 13.5. The number of nitrogens with zero attached hydrogens (tertiary/aromatic N) is 1. The fourth-order valence-corrected chi connectivity index (χ4v) is 4.29. The van der Waals surface area contributed by atoms with E-state index in [0.717, 1.165) is 4.90 Å². The Balaban J connectivity index is 1.66. The smallest absolute Gasteiger partial charge is 0.335 e. The lowest BCUT2D eigenvalue weighted by Crippen LogP contribution is -2.54. The van der Waals surface area contributed by atoms with Crippen LogP contribution in [0.5, 0.6) is 11.5 Å². The highest BCUT2D eigenvalue weighted by atomic mass is 79.9. The van der Waals surface area contributed by atoms with Gasteiger partial charge in [0.2, 0.25) is 0 Å². The van der Waals surface area contributed by atoms with Crippen molar-refractivity contribution in [2.24, 2.45) is 0 Å². The quantitative estimate of drug-likeness (QED) is 0.282. The van der Waals surface area contributed by atoms with Crippen LogP contribution in [0.15, 0.2) is 70.7 Å². The molecule has 0 aromatic heterocycles. The average molecular weight is 574 g/mol. The predicted octanol–water partition coefficient (Wildman–Crippen LogP) is 5.89. The second kappa shape index (κ2) is 10.9. The number of hydrogen-bond donors (Lipinski definition) is 1. The number of ether oxygens (including phenoxy) is 2. The molecule has 1 heterocycles. The Morgan fingerprint density at radius 3 is 2.56 bits per heavy atom. The van der Waals surface area contributed by atoms with E-state index in [1.165, 1.54) is 30.3 Å². The highest BCUT2D eigenvalue weighted by Crippen LogP contribution is 2.38. The van der Waals surface area contributed by atoms with Crippen molar-refractivity contribution in [2.75, 3.05) is 11.5 Å². The first-order valence-electron chi connectivity index (χ1n) is 10.8. The van der Waals surface area contributed by atoms with Gasteiger partial charge < -0.3 is 9.47 Å². The Hall–Kier alpha value is -3.69. The van der Waals surface area contributed by atoms with E-state index < -0.39 is 17.8 Å². The molecule has 4 amide bonds. The van der Waals surface area contributed by atoms with Gasteiger partial charge in [-0.3, -0.25) is 14.9 Å². The number of urea groups is 1. The van der Waals surface area contributed by atoms with Crippen molar-refractivity contribution in [3.63, 3.8) is 0 Å². The molecule has 184 valence electrons. The summed E-state index contributed by atoms with van der Waals surface area (Å²) in [6.07, 6.45) is 1.35. The summed E-state index contributed by atoms with van der Waals surface area (Å²) in [4.78, 5) is 38.9. The third-order valence-electron chi connectivity index (χ3n) is 5.08. The Morgan fingerprint density at radius 2 is 1.83 bits per heavy atom. The summed E-state index contributed by atoms with van der Waals surface area (Å²) in [5, 5.41) is 2.50. The molecule has 7 nitrogen and oxygen atoms in total. The second-order valence-corrected chi connectivity index (χ2v) is 8.91. The van der Waals surface area contributed by atoms with Crippen LogP contribution >= 0.6 is 27.5 Å². The van der Waals surface area contributed by atoms with Gasteiger partial charge in [-0.2, -0.15) is 0 Å². The molecule has 1 saturated heterocycles. The number of hydrogen-bond acceptors (Lipinski definition) is 5. The zero-order valence-electron chi connectivity index (χ0n) is 18.9. The van der Waals surface area contributed by atoms with Crippen LogP contribution < -0.4 is 19.7 Å². The molecular weight excluding hydrogens is 555 g/mol. The molecular formula is C26H19BrClFN2O5. The summed E-state index contributed by atoms with van der Waals surface area (Å²) in [5.41, 5.74) is 1.05. The average Bonchev–Trinajstić information content (AvgIpc) is 2.81. The van der Waals surface area contributed by atoms with Crippen LogP contribution in [0.25, 0.3) is 6.08 Å². The SMILES string of the molecule is CCOc1cc(/C=C2\C(=O)NC(=O)N(c3cccc(Cl)c3)C2=O)cc(Br)c1OCc1cccc(F)c1. The van der Waals surface area contributed by atoms with Gasteiger partial charge in [-0.1, -0.05) is 29.8 Å². The standard InChI is InChI=1S/C26H19BrClFN2O5/c1-2-35-22-12-16(11-21(27)23(22)36-14-15-5-3-7-18(29)9-15)10-20-24(32)30-26(34)31(25(20)33)19-8-4-6-17(28)13-19/h3-13H,2,14H2,1H3,(H,30,32,34)/b20-10+. The highest BCUT2D eigenvalue weighted by molar-refractivity contribution is 9.10. The molecule has 0 aliphatic carbocycles. The summed E-state index contributed by atoms with van der Waals surface area (Å²) < 4.78 is 25.6. The fourth-order valence-electron chi connectivity index (χ4n) is 3.53. The third-order valence-corrected chi connectivity index (χ3v) is 5.91. The molecule has 3 aromatic rings. The molecule has 1 aliphatic rings. The monoisotopic (exact) mass is 572 g/mol. The van der Waals surface area contributed by atoms with Crippen molar-refractivity contribution in [3.05, 3.63) is 92.7 Å². The third kappa shape index (κ3) is 5.58. The lowest BCUT2D eigenvalue weighted by atomic mass is 10.1. The number of anilines is 1. The zero-order chi connectivity index (χ0) is 25.8. The van der Waals surface area contributed by atoms with Crippen molar-refractivity contribution in [2.45, 2.75) is 13.5 Å². The Bertz CT molecular complexity index is 1390. The minimum atomic E-state index is -0.873. The maximum Gasteiger partial charge on any atom is 0.335 e. The van der Waals surface area contributed by atoms with Crippen molar-refractivity contribution >= 4 is 57.1 Å². The molecule has 36 heavy (non-hydrogen) atoms. The van der Waals surface area contributed by atoms with Crippen LogP contribution in [-0.4, -0.2) is 24.5 Å². The highest BCUT2D eigenvalue weighted by Gasteiger charge is 2.37. The first-order valence-corrected chi connectivity index (χ1v) is 11.9. The van der Waals surface area contributed by atoms with Crippen LogP contribution in [0, 0.1) is 5.82 Å². The summed E-state index contributed by atoms with van der Waals surface area (Å²) >= 11 is 9.45. The largest absolute Gasteiger partial charge is 0.490 e. The minimum absolute atomic E-state index is 0.0917. The van der Waals surface area contributed by atoms with Gasteiger partial charge in [-0.15, -0.1) is 0 Å². The molecule has 1 fully saturated rings. The number of nitrogens with one attached hydrogen (secondary N) is 1. The molecule has 3 aromatic carbocycles. The second-order valence-electron chi connectivity index (χ2n) is 7.62. The summed E-state index contributed by atoms with van der Waals surface area (Å²) in [7, 11) is 0. The van der Waals surface area contributed by atoms with Crippen molar-refractivity contribution in [3.8, 4) is 11.5 Å². The number of carbonyl (C=O) groups is 3. The van der Waals surface area contributed by atoms with Crippen LogP contribution in [0.2, 0.25) is 5.02 Å². The Labute approximate surface area is 219 Å². The molecule has 1 aliphatic heterocycles. The molecule has 0 atom stereocenters. The number of carbonyl (C=O) groups excluding carboxylic acids is 3. The number of barbiturate groups is 1. The van der Waals surface area contributed by atoms with E-state index in [-0.39, 0.29) is 23.7 Å². The number of benzene rings is 3. The molecule has 0 saturated carbocycles. The molecule has 0 unspecified atom stereocenters. The molecule has 0 radical (unpaired) electrons. The fraction of sp³-hybridized carbons (Fsp3) is 0.115. The number of halogens is 3. The van der Waals surface area contributed by atoms with Gasteiger partial charge in [-0.25, -0.2) is 14.1 Å². The summed E-state index contributed by atoms with van der Waals surface area (Å²) in [6.45, 7) is 2.20. The Kier molecular flexibility index (Phi) is 7.71. The molecule has 0 spiro atoms. The first-order chi connectivity index (χ1) is 17.3. The number of imide groups is 2. The van der Waals surface area contributed by atoms with Crippen LogP contribution in [-0.2, 0) is 16.2 Å². The number of amides is 4. The van der Waals surface area contributed by atoms with Gasteiger partial charge in [0, 0.05) is 5.02 Å². The van der Waals surface area contributed by atoms with E-state index in [2.05, 4.69) is 21.2 Å². The van der Waals surface area contributed by atoms with E-state index in [1.54, 1.807) is 43.3 Å². The van der Waals surface area contributed by atoms with Crippen LogP contribution in [0.1, 0.15) is 18.1 Å². The lowest BCUT2D eigenvalue weighted by Gasteiger charge is -2.26. The van der Waals surface area contributed by atoms with Gasteiger partial charge >= 0.3 is 6.03 Å². The van der Waals surface area contributed by atoms with Gasteiger partial charge in [0.25, 0.3) is 11.8 Å². The lowest BCUT2D eigenvalue weighted by molar-refractivity contribution is -0.122. The summed E-state index contributed by atoms with van der Waals surface area (Å²) in [5.74, 6) is -1.28. The molecule has 10 heteroatoms. The molecule has 1 N–H and O–H groups in total. The van der Waals surface area contributed by atoms with Gasteiger partial charge in [0.05, 0.1) is 16.8 Å². The van der Waals surface area contributed by atoms with Gasteiger partial charge in [-0.05, 0) is 82.5 Å². The normalized spacial score (nSPS) is 14.7. The van der Waals surface area contributed by atoms with Gasteiger partial charge in [0.1, 0.15) is 18.0 Å². The van der Waals surface area contributed by atoms with E-state index in [1.807, 2.05) is 0 Å². The van der Waals surface area contributed by atoms with E-state index in [0.29, 0.717) is 38.7 Å². The topological polar surface area (TPSA) is 84.9 Å². The number of rotatable bonds is 7. The maximum atomic E-state index is 13.5. The minimum Gasteiger partial charge on any atom is -0.490 e. The van der Waals surface area contributed by atoms with Crippen molar-refractivity contribution < 1.29 is 28.2 Å². The van der Waals surface area contributed by atoms with Crippen LogP contribution in [0.3, 0.4) is 0 Å². The van der Waals surface area contributed by atoms with Crippen molar-refractivity contribution in [1.29, 1.82) is 0 Å². The van der Waals surface area contributed by atoms with Gasteiger partial charge in [0.15, 0.2) is 11.5 Å². The predicted molar refractivity (Wildman–Crippen MR) is 136 cm³/mol. The van der Waals surface area contributed by atoms with Crippen molar-refractivity contribution in [1.82, 2.24) is 5.32 Å². The molecule has 0 bridgehead atoms. The zero-order valence-corrected chi connectivity index (χ0v) is 21.2. The Morgan fingerprint density at radius 1 is 1.06 bits per heavy atom. The van der Waals surface area contributed by atoms with E-state index >= 15 is 0 Å². The van der Waals surface area contributed by atoms with E-state index in [4.69, 9.17) is 21.1 Å². The molecule has 4 rings (SSSR count). The van der Waals surface area contributed by atoms with E-state index in [9.17, 15) is 18.8 Å².